The van der Waals surface area contributed by atoms with Crippen molar-refractivity contribution in [2.24, 2.45) is 5.73 Å². The van der Waals surface area contributed by atoms with Crippen molar-refractivity contribution < 1.29 is 4.74 Å². The summed E-state index contributed by atoms with van der Waals surface area (Å²) in [4.78, 5) is 0. The molecule has 2 aromatic rings. The minimum atomic E-state index is -0.149. The fourth-order valence-corrected chi connectivity index (χ4v) is 3.94. The lowest BCUT2D eigenvalue weighted by atomic mass is 9.85. The van der Waals surface area contributed by atoms with Gasteiger partial charge in [-0.15, -0.1) is 0 Å². The number of ether oxygens (including phenoxy) is 1. The molecule has 4 rings (SSSR count). The zero-order valence-corrected chi connectivity index (χ0v) is 12.7. The average molecular weight is 330 g/mol. The number of benzene rings is 2. The molecule has 0 saturated carbocycles. The molecule has 1 spiro atoms. The Balaban J connectivity index is 1.73. The first kappa shape index (κ1) is 12.4. The van der Waals surface area contributed by atoms with Crippen molar-refractivity contribution in [2.75, 3.05) is 0 Å². The van der Waals surface area contributed by atoms with E-state index < -0.39 is 0 Å². The summed E-state index contributed by atoms with van der Waals surface area (Å²) in [6.07, 6.45) is 2.81. The van der Waals surface area contributed by atoms with Crippen LogP contribution in [0.1, 0.15) is 29.2 Å². The summed E-state index contributed by atoms with van der Waals surface area (Å²) in [5.74, 6) is 0.944. The second kappa shape index (κ2) is 4.34. The van der Waals surface area contributed by atoms with Gasteiger partial charge in [0.15, 0.2) is 0 Å². The highest BCUT2D eigenvalue weighted by molar-refractivity contribution is 9.10. The van der Waals surface area contributed by atoms with Crippen molar-refractivity contribution in [2.45, 2.75) is 30.9 Å². The lowest BCUT2D eigenvalue weighted by Crippen LogP contribution is -2.43. The molecule has 20 heavy (non-hydrogen) atoms. The Labute approximate surface area is 127 Å². The van der Waals surface area contributed by atoms with Crippen LogP contribution >= 0.6 is 15.9 Å². The van der Waals surface area contributed by atoms with Crippen LogP contribution in [0.2, 0.25) is 0 Å². The van der Waals surface area contributed by atoms with Crippen molar-refractivity contribution in [1.82, 2.24) is 0 Å². The summed E-state index contributed by atoms with van der Waals surface area (Å²) in [7, 11) is 0. The van der Waals surface area contributed by atoms with Gasteiger partial charge in [0, 0.05) is 35.3 Å². The molecule has 0 saturated heterocycles. The van der Waals surface area contributed by atoms with Gasteiger partial charge in [0.1, 0.15) is 11.4 Å². The molecule has 3 heteroatoms. The Morgan fingerprint density at radius 3 is 2.50 bits per heavy atom. The first-order chi connectivity index (χ1) is 9.65. The highest BCUT2D eigenvalue weighted by Crippen LogP contribution is 2.45. The summed E-state index contributed by atoms with van der Waals surface area (Å²) < 4.78 is 7.44. The fraction of sp³-hybridized carbons (Fsp3) is 0.294. The minimum Gasteiger partial charge on any atom is -0.486 e. The molecule has 0 radical (unpaired) electrons. The molecule has 0 fully saturated rings. The quantitative estimate of drug-likeness (QED) is 0.798. The molecule has 1 heterocycles. The Bertz CT molecular complexity index is 657. The van der Waals surface area contributed by atoms with E-state index in [1.165, 1.54) is 11.1 Å². The zero-order chi connectivity index (χ0) is 13.7. The van der Waals surface area contributed by atoms with E-state index in [1.54, 1.807) is 0 Å². The van der Waals surface area contributed by atoms with Gasteiger partial charge in [-0.2, -0.15) is 0 Å². The topological polar surface area (TPSA) is 35.2 Å². The van der Waals surface area contributed by atoms with E-state index in [9.17, 15) is 0 Å². The molecule has 2 N–H and O–H groups in total. The first-order valence-electron chi connectivity index (χ1n) is 6.96. The predicted molar refractivity (Wildman–Crippen MR) is 82.9 cm³/mol. The maximum Gasteiger partial charge on any atom is 0.125 e. The molecular weight excluding hydrogens is 314 g/mol. The highest BCUT2D eigenvalue weighted by Gasteiger charge is 2.44. The Morgan fingerprint density at radius 1 is 1.10 bits per heavy atom. The number of fused-ring (bicyclic) bond motifs is 2. The minimum absolute atomic E-state index is 0.0468. The third-order valence-electron chi connectivity index (χ3n) is 4.43. The maximum atomic E-state index is 6.40. The number of nitrogens with two attached hydrogens (primary N) is 1. The predicted octanol–water partition coefficient (Wildman–Crippen LogP) is 3.77. The molecule has 0 aromatic heterocycles. The molecule has 2 aromatic carbocycles. The van der Waals surface area contributed by atoms with Crippen molar-refractivity contribution in [1.29, 1.82) is 0 Å². The van der Waals surface area contributed by atoms with Crippen LogP contribution in [0.3, 0.4) is 0 Å². The van der Waals surface area contributed by atoms with Gasteiger partial charge in [-0.05, 0) is 29.3 Å². The zero-order valence-electron chi connectivity index (χ0n) is 11.1. The van der Waals surface area contributed by atoms with E-state index in [-0.39, 0.29) is 11.6 Å². The average Bonchev–Trinajstić information content (AvgIpc) is 2.77. The molecule has 0 bridgehead atoms. The molecular formula is C17H16BrNO. The largest absolute Gasteiger partial charge is 0.486 e. The molecule has 1 atom stereocenters. The van der Waals surface area contributed by atoms with E-state index in [1.807, 2.05) is 12.1 Å². The molecule has 102 valence electrons. The van der Waals surface area contributed by atoms with Crippen LogP contribution in [0, 0.1) is 0 Å². The van der Waals surface area contributed by atoms with Crippen LogP contribution < -0.4 is 10.5 Å². The number of hydrogen-bond acceptors (Lipinski definition) is 2. The molecule has 1 aliphatic carbocycles. The van der Waals surface area contributed by atoms with Gasteiger partial charge >= 0.3 is 0 Å². The van der Waals surface area contributed by atoms with Crippen LogP contribution in [0.4, 0.5) is 0 Å². The Kier molecular flexibility index (Phi) is 2.69. The molecule has 0 unspecified atom stereocenters. The van der Waals surface area contributed by atoms with Crippen LogP contribution in [-0.4, -0.2) is 5.60 Å². The third-order valence-corrected chi connectivity index (χ3v) is 4.93. The van der Waals surface area contributed by atoms with Gasteiger partial charge in [0.25, 0.3) is 0 Å². The van der Waals surface area contributed by atoms with Crippen LogP contribution in [-0.2, 0) is 12.8 Å². The van der Waals surface area contributed by atoms with Gasteiger partial charge < -0.3 is 10.5 Å². The Hall–Kier alpha value is -1.32. The van der Waals surface area contributed by atoms with E-state index in [2.05, 4.69) is 46.3 Å². The summed E-state index contributed by atoms with van der Waals surface area (Å²) in [6, 6.07) is 14.8. The molecule has 2 aliphatic rings. The summed E-state index contributed by atoms with van der Waals surface area (Å²) in [6.45, 7) is 0. The van der Waals surface area contributed by atoms with Crippen molar-refractivity contribution in [3.8, 4) is 5.75 Å². The van der Waals surface area contributed by atoms with E-state index >= 15 is 0 Å². The van der Waals surface area contributed by atoms with Crippen molar-refractivity contribution in [3.05, 3.63) is 63.6 Å². The molecule has 1 aliphatic heterocycles. The number of rotatable bonds is 0. The second-order valence-electron chi connectivity index (χ2n) is 5.90. The van der Waals surface area contributed by atoms with Crippen LogP contribution in [0.15, 0.2) is 46.9 Å². The van der Waals surface area contributed by atoms with Gasteiger partial charge in [-0.1, -0.05) is 40.2 Å². The molecule has 0 amide bonds. The second-order valence-corrected chi connectivity index (χ2v) is 6.82. The number of hydrogen-bond donors (Lipinski definition) is 1. The van der Waals surface area contributed by atoms with E-state index in [4.69, 9.17) is 10.5 Å². The van der Waals surface area contributed by atoms with Crippen molar-refractivity contribution >= 4 is 15.9 Å². The van der Waals surface area contributed by atoms with Gasteiger partial charge in [-0.3, -0.25) is 0 Å². The van der Waals surface area contributed by atoms with Crippen LogP contribution in [0.5, 0.6) is 5.75 Å². The van der Waals surface area contributed by atoms with E-state index in [0.717, 1.165) is 35.0 Å². The summed E-state index contributed by atoms with van der Waals surface area (Å²) in [5.41, 5.74) is 10.2. The van der Waals surface area contributed by atoms with Gasteiger partial charge in [0.05, 0.1) is 0 Å². The first-order valence-corrected chi connectivity index (χ1v) is 7.75. The SMILES string of the molecule is N[C@@H]1CC2(Cc3ccccc3C2)Oc2ccc(Br)cc21. The summed E-state index contributed by atoms with van der Waals surface area (Å²) in [5, 5.41) is 0. The lowest BCUT2D eigenvalue weighted by molar-refractivity contribution is 0.0459. The fourth-order valence-electron chi connectivity index (χ4n) is 3.56. The maximum absolute atomic E-state index is 6.40. The highest BCUT2D eigenvalue weighted by atomic mass is 79.9. The molecule has 2 nitrogen and oxygen atoms in total. The van der Waals surface area contributed by atoms with Gasteiger partial charge in [-0.25, -0.2) is 0 Å². The number of halogens is 1. The Morgan fingerprint density at radius 2 is 1.80 bits per heavy atom. The standard InChI is InChI=1S/C17H16BrNO/c18-13-5-6-16-14(7-13)15(19)10-17(20-16)8-11-3-1-2-4-12(11)9-17/h1-7,15H,8-10,19H2/t15-/m1/s1. The summed E-state index contributed by atoms with van der Waals surface area (Å²) >= 11 is 3.51. The van der Waals surface area contributed by atoms with Gasteiger partial charge in [0.2, 0.25) is 0 Å². The lowest BCUT2D eigenvalue weighted by Gasteiger charge is -2.38. The van der Waals surface area contributed by atoms with Crippen LogP contribution in [0.25, 0.3) is 0 Å². The van der Waals surface area contributed by atoms with E-state index in [0.29, 0.717) is 0 Å². The monoisotopic (exact) mass is 329 g/mol. The smallest absolute Gasteiger partial charge is 0.125 e. The third kappa shape index (κ3) is 1.88. The normalized spacial score (nSPS) is 22.2. The van der Waals surface area contributed by atoms with Crippen molar-refractivity contribution in [3.63, 3.8) is 0 Å².